The number of carbonyl (C=O) groups is 1. The molecule has 4 nitrogen and oxygen atoms in total. The Morgan fingerprint density at radius 1 is 1.15 bits per heavy atom. The molecule has 0 saturated carbocycles. The van der Waals surface area contributed by atoms with E-state index in [1.165, 1.54) is 10.5 Å². The van der Waals surface area contributed by atoms with Crippen molar-refractivity contribution in [3.8, 4) is 0 Å². The number of carbonyl (C=O) groups excluding carboxylic acids is 1. The van der Waals surface area contributed by atoms with Crippen molar-refractivity contribution in [3.63, 3.8) is 0 Å². The highest BCUT2D eigenvalue weighted by Crippen LogP contribution is 2.40. The summed E-state index contributed by atoms with van der Waals surface area (Å²) in [6.07, 6.45) is 4.82. The van der Waals surface area contributed by atoms with Crippen LogP contribution in [0.1, 0.15) is 12.0 Å². The summed E-state index contributed by atoms with van der Waals surface area (Å²) in [5.74, 6) is 0.246. The Bertz CT molecular complexity index is 1020. The van der Waals surface area contributed by atoms with Crippen LogP contribution in [0.25, 0.3) is 10.9 Å². The molecule has 0 aliphatic carbocycles. The molecule has 0 N–H and O–H groups in total. The quantitative estimate of drug-likeness (QED) is 0.647. The molecule has 2 bridgehead atoms. The molecular weight excluding hydrogens is 354 g/mol. The van der Waals surface area contributed by atoms with Crippen LogP contribution in [0.4, 0.5) is 5.69 Å². The van der Waals surface area contributed by atoms with Gasteiger partial charge in [0.1, 0.15) is 0 Å². The van der Waals surface area contributed by atoms with Gasteiger partial charge in [0, 0.05) is 29.6 Å². The van der Waals surface area contributed by atoms with Crippen molar-refractivity contribution in [1.29, 1.82) is 0 Å². The second-order valence-corrected chi connectivity index (χ2v) is 8.09. The largest absolute Gasteiger partial charge is 0.306 e. The van der Waals surface area contributed by atoms with E-state index >= 15 is 0 Å². The van der Waals surface area contributed by atoms with Gasteiger partial charge in [0.05, 0.1) is 23.3 Å². The van der Waals surface area contributed by atoms with Crippen LogP contribution in [0.5, 0.6) is 0 Å². The summed E-state index contributed by atoms with van der Waals surface area (Å²) in [5.41, 5.74) is 3.32. The summed E-state index contributed by atoms with van der Waals surface area (Å²) in [6, 6.07) is 19.0. The van der Waals surface area contributed by atoms with Crippen LogP contribution in [0.3, 0.4) is 0 Å². The van der Waals surface area contributed by atoms with Crippen LogP contribution >= 0.6 is 11.8 Å². The molecule has 5 rings (SSSR count). The summed E-state index contributed by atoms with van der Waals surface area (Å²) in [7, 11) is 0. The minimum absolute atomic E-state index is 0.00509. The molecule has 3 aromatic rings. The summed E-state index contributed by atoms with van der Waals surface area (Å²) < 4.78 is 0. The second kappa shape index (κ2) is 6.66. The fraction of sp³-hybridized carbons (Fsp3) is 0.273. The Hall–Kier alpha value is -2.37. The number of hydrogen-bond acceptors (Lipinski definition) is 4. The second-order valence-electron chi connectivity index (χ2n) is 7.25. The summed E-state index contributed by atoms with van der Waals surface area (Å²) in [6.45, 7) is 1.75. The van der Waals surface area contributed by atoms with E-state index in [9.17, 15) is 4.79 Å². The van der Waals surface area contributed by atoms with Crippen LogP contribution in [0.2, 0.25) is 0 Å². The number of amides is 1. The molecule has 2 aromatic carbocycles. The monoisotopic (exact) mass is 375 g/mol. The number of anilines is 1. The van der Waals surface area contributed by atoms with Crippen LogP contribution in [0, 0.1) is 0 Å². The van der Waals surface area contributed by atoms with Gasteiger partial charge >= 0.3 is 0 Å². The lowest BCUT2D eigenvalue weighted by Crippen LogP contribution is -2.50. The molecule has 2 fully saturated rings. The number of rotatable bonds is 4. The first kappa shape index (κ1) is 16.8. The predicted octanol–water partition coefficient (Wildman–Crippen LogP) is 3.95. The van der Waals surface area contributed by atoms with E-state index < -0.39 is 0 Å². The lowest BCUT2D eigenvalue weighted by molar-refractivity contribution is -0.122. The zero-order chi connectivity index (χ0) is 18.4. The molecule has 0 radical (unpaired) electrons. The van der Waals surface area contributed by atoms with Crippen molar-refractivity contribution >= 4 is 34.3 Å². The van der Waals surface area contributed by atoms with Gasteiger partial charge in [-0.3, -0.25) is 14.7 Å². The number of piperazine rings is 1. The number of nitrogens with zero attached hydrogens (tertiary/aromatic N) is 3. The van der Waals surface area contributed by atoms with Crippen molar-refractivity contribution in [2.45, 2.75) is 29.9 Å². The normalized spacial score (nSPS) is 22.1. The first-order chi connectivity index (χ1) is 13.2. The Morgan fingerprint density at radius 3 is 2.89 bits per heavy atom. The average molecular weight is 375 g/mol. The standard InChI is InChI=1S/C22H21N3OS/c1-27-21-7-3-2-6-19(21)25-17-12-20(22(25)26)24(14-17)13-15-8-9-18-16(11-15)5-4-10-23-18/h2-11,17,20H,12-14H2,1H3/t17-,20-/m0/s1. The summed E-state index contributed by atoms with van der Waals surface area (Å²) in [4.78, 5) is 23.0. The molecule has 1 amide bonds. The third-order valence-corrected chi connectivity index (χ3v) is 6.45. The molecule has 0 spiro atoms. The van der Waals surface area contributed by atoms with Crippen molar-refractivity contribution in [1.82, 2.24) is 9.88 Å². The topological polar surface area (TPSA) is 36.4 Å². The van der Waals surface area contributed by atoms with E-state index in [-0.39, 0.29) is 18.0 Å². The van der Waals surface area contributed by atoms with Gasteiger partial charge in [-0.1, -0.05) is 24.3 Å². The minimum atomic E-state index is -0.00509. The number of benzene rings is 2. The fourth-order valence-corrected chi connectivity index (χ4v) is 5.03. The molecule has 2 atom stereocenters. The van der Waals surface area contributed by atoms with E-state index in [1.807, 2.05) is 29.3 Å². The molecule has 1 aromatic heterocycles. The molecule has 2 aliphatic rings. The van der Waals surface area contributed by atoms with E-state index in [0.717, 1.165) is 36.1 Å². The third-order valence-electron chi connectivity index (χ3n) is 5.67. The molecule has 5 heteroatoms. The Morgan fingerprint density at radius 2 is 2.04 bits per heavy atom. The average Bonchev–Trinajstić information content (AvgIpc) is 3.25. The molecule has 2 aliphatic heterocycles. The van der Waals surface area contributed by atoms with Crippen molar-refractivity contribution in [2.24, 2.45) is 0 Å². The van der Waals surface area contributed by atoms with Crippen molar-refractivity contribution in [2.75, 3.05) is 17.7 Å². The smallest absolute Gasteiger partial charge is 0.244 e. The van der Waals surface area contributed by atoms with Crippen molar-refractivity contribution < 1.29 is 4.79 Å². The number of thioether (sulfide) groups is 1. The number of pyridine rings is 1. The Labute approximate surface area is 163 Å². The summed E-state index contributed by atoms with van der Waals surface area (Å²) >= 11 is 1.70. The van der Waals surface area contributed by atoms with E-state index in [4.69, 9.17) is 0 Å². The fourth-order valence-electron chi connectivity index (χ4n) is 4.44. The van der Waals surface area contributed by atoms with E-state index in [1.54, 1.807) is 11.8 Å². The van der Waals surface area contributed by atoms with Crippen LogP contribution < -0.4 is 4.90 Å². The zero-order valence-corrected chi connectivity index (χ0v) is 16.0. The molecule has 2 saturated heterocycles. The lowest BCUT2D eigenvalue weighted by Gasteiger charge is -2.34. The Balaban J connectivity index is 1.37. The predicted molar refractivity (Wildman–Crippen MR) is 110 cm³/mol. The van der Waals surface area contributed by atoms with Gasteiger partial charge in [0.15, 0.2) is 0 Å². The van der Waals surface area contributed by atoms with E-state index in [0.29, 0.717) is 0 Å². The zero-order valence-electron chi connectivity index (χ0n) is 15.2. The SMILES string of the molecule is CSc1ccccc1N1C(=O)[C@@H]2C[C@H]1CN2Cc1ccc2ncccc2c1. The van der Waals surface area contributed by atoms with Gasteiger partial charge in [0.2, 0.25) is 5.91 Å². The maximum atomic E-state index is 13.1. The molecule has 27 heavy (non-hydrogen) atoms. The van der Waals surface area contributed by atoms with Gasteiger partial charge in [-0.15, -0.1) is 11.8 Å². The van der Waals surface area contributed by atoms with E-state index in [2.05, 4.69) is 52.5 Å². The molecule has 0 unspecified atom stereocenters. The Kier molecular flexibility index (Phi) is 4.14. The maximum Gasteiger partial charge on any atom is 0.244 e. The summed E-state index contributed by atoms with van der Waals surface area (Å²) in [5, 5.41) is 1.15. The first-order valence-corrected chi connectivity index (χ1v) is 10.5. The van der Waals surface area contributed by atoms with Gasteiger partial charge < -0.3 is 4.90 Å². The van der Waals surface area contributed by atoms with Crippen LogP contribution in [-0.2, 0) is 11.3 Å². The van der Waals surface area contributed by atoms with Gasteiger partial charge in [-0.05, 0) is 48.6 Å². The highest BCUT2D eigenvalue weighted by Gasteiger charge is 2.50. The van der Waals surface area contributed by atoms with Gasteiger partial charge in [-0.2, -0.15) is 0 Å². The molecule has 136 valence electrons. The van der Waals surface area contributed by atoms with Crippen LogP contribution in [0.15, 0.2) is 65.7 Å². The lowest BCUT2D eigenvalue weighted by atomic mass is 10.1. The first-order valence-electron chi connectivity index (χ1n) is 9.28. The highest BCUT2D eigenvalue weighted by molar-refractivity contribution is 7.98. The maximum absolute atomic E-state index is 13.1. The van der Waals surface area contributed by atoms with Gasteiger partial charge in [0.25, 0.3) is 0 Å². The van der Waals surface area contributed by atoms with Crippen molar-refractivity contribution in [3.05, 3.63) is 66.4 Å². The molecular formula is C22H21N3OS. The molecule has 3 heterocycles. The third kappa shape index (κ3) is 2.82. The minimum Gasteiger partial charge on any atom is -0.306 e. The number of aromatic nitrogens is 1. The van der Waals surface area contributed by atoms with Crippen LogP contribution in [-0.4, -0.2) is 40.7 Å². The number of para-hydroxylation sites is 1. The number of likely N-dealkylation sites (tertiary alicyclic amines) is 1. The number of hydrogen-bond donors (Lipinski definition) is 0. The number of fused-ring (bicyclic) bond motifs is 3. The van der Waals surface area contributed by atoms with Gasteiger partial charge in [-0.25, -0.2) is 0 Å². The highest BCUT2D eigenvalue weighted by atomic mass is 32.2.